The van der Waals surface area contributed by atoms with Crippen LogP contribution in [0.2, 0.25) is 0 Å². The first-order valence-electron chi connectivity index (χ1n) is 7.53. The SMILES string of the molecule is CC1(C)OC(=O)C(=Cc2ccc(-c3ccc(C#N)cn3)cc2)C(=O)O1. The van der Waals surface area contributed by atoms with Crippen LogP contribution >= 0.6 is 0 Å². The number of ether oxygens (including phenoxy) is 2. The zero-order valence-electron chi connectivity index (χ0n) is 13.6. The number of carbonyl (C=O) groups is 2. The van der Waals surface area contributed by atoms with E-state index >= 15 is 0 Å². The van der Waals surface area contributed by atoms with E-state index in [-0.39, 0.29) is 5.57 Å². The van der Waals surface area contributed by atoms with Crippen LogP contribution in [0.4, 0.5) is 0 Å². The zero-order valence-corrected chi connectivity index (χ0v) is 13.6. The maximum Gasteiger partial charge on any atom is 0.348 e. The summed E-state index contributed by atoms with van der Waals surface area (Å²) in [6.45, 7) is 3.00. The van der Waals surface area contributed by atoms with Crippen LogP contribution in [-0.2, 0) is 19.1 Å². The molecule has 0 aliphatic carbocycles. The average molecular weight is 334 g/mol. The number of benzene rings is 1. The van der Waals surface area contributed by atoms with Crippen LogP contribution in [0.1, 0.15) is 25.0 Å². The highest BCUT2D eigenvalue weighted by Gasteiger charge is 2.38. The molecule has 2 aromatic rings. The van der Waals surface area contributed by atoms with Gasteiger partial charge >= 0.3 is 11.9 Å². The van der Waals surface area contributed by atoms with E-state index in [1.807, 2.05) is 18.2 Å². The second kappa shape index (κ2) is 6.21. The molecule has 1 aliphatic heterocycles. The van der Waals surface area contributed by atoms with E-state index in [1.54, 1.807) is 24.3 Å². The summed E-state index contributed by atoms with van der Waals surface area (Å²) in [5, 5.41) is 8.79. The Kier molecular flexibility index (Phi) is 4.07. The van der Waals surface area contributed by atoms with Gasteiger partial charge in [0.15, 0.2) is 0 Å². The lowest BCUT2D eigenvalue weighted by molar-refractivity contribution is -0.222. The van der Waals surface area contributed by atoms with Crippen molar-refractivity contribution in [2.24, 2.45) is 0 Å². The third kappa shape index (κ3) is 3.56. The molecule has 2 heterocycles. The van der Waals surface area contributed by atoms with Crippen molar-refractivity contribution in [1.82, 2.24) is 4.98 Å². The van der Waals surface area contributed by atoms with E-state index in [4.69, 9.17) is 14.7 Å². The minimum atomic E-state index is -1.25. The number of hydrogen-bond acceptors (Lipinski definition) is 6. The van der Waals surface area contributed by atoms with Crippen LogP contribution in [0.15, 0.2) is 48.2 Å². The fourth-order valence-electron chi connectivity index (χ4n) is 2.33. The molecule has 0 spiro atoms. The Morgan fingerprint density at radius 1 is 1.04 bits per heavy atom. The lowest BCUT2D eigenvalue weighted by atomic mass is 10.1. The molecule has 6 heteroatoms. The molecule has 0 atom stereocenters. The maximum absolute atomic E-state index is 11.9. The smallest absolute Gasteiger partial charge is 0.348 e. The number of pyridine rings is 1. The van der Waals surface area contributed by atoms with Gasteiger partial charge in [0.25, 0.3) is 5.79 Å². The Hall–Kier alpha value is -3.46. The van der Waals surface area contributed by atoms with E-state index in [0.717, 1.165) is 11.3 Å². The molecule has 0 saturated carbocycles. The van der Waals surface area contributed by atoms with Crippen LogP contribution in [0.25, 0.3) is 17.3 Å². The van der Waals surface area contributed by atoms with Gasteiger partial charge in [-0.3, -0.25) is 4.98 Å². The predicted octanol–water partition coefficient (Wildman–Crippen LogP) is 2.84. The summed E-state index contributed by atoms with van der Waals surface area (Å²) in [6.07, 6.45) is 2.93. The first kappa shape index (κ1) is 16.4. The summed E-state index contributed by atoms with van der Waals surface area (Å²) in [4.78, 5) is 28.1. The maximum atomic E-state index is 11.9. The summed E-state index contributed by atoms with van der Waals surface area (Å²) in [7, 11) is 0. The van der Waals surface area contributed by atoms with Gasteiger partial charge in [0.05, 0.1) is 11.3 Å². The molecule has 1 fully saturated rings. The Bertz CT molecular complexity index is 882. The van der Waals surface area contributed by atoms with Gasteiger partial charge in [0.2, 0.25) is 0 Å². The molecule has 1 saturated heterocycles. The van der Waals surface area contributed by atoms with Crippen molar-refractivity contribution in [2.45, 2.75) is 19.6 Å². The van der Waals surface area contributed by atoms with Crippen molar-refractivity contribution >= 4 is 18.0 Å². The molecular formula is C19H14N2O4. The summed E-state index contributed by atoms with van der Waals surface area (Å²) >= 11 is 0. The molecule has 0 N–H and O–H groups in total. The number of nitriles is 1. The minimum absolute atomic E-state index is 0.149. The van der Waals surface area contributed by atoms with Crippen molar-refractivity contribution in [3.05, 3.63) is 59.3 Å². The third-order valence-corrected chi connectivity index (χ3v) is 3.53. The highest BCUT2D eigenvalue weighted by atomic mass is 16.7. The number of hydrogen-bond donors (Lipinski definition) is 0. The summed E-state index contributed by atoms with van der Waals surface area (Å²) < 4.78 is 10.1. The first-order valence-corrected chi connectivity index (χ1v) is 7.53. The van der Waals surface area contributed by atoms with Crippen molar-refractivity contribution < 1.29 is 19.1 Å². The van der Waals surface area contributed by atoms with Crippen LogP contribution in [-0.4, -0.2) is 22.7 Å². The number of cyclic esters (lactones) is 2. The van der Waals surface area contributed by atoms with E-state index < -0.39 is 17.7 Å². The van der Waals surface area contributed by atoms with Gasteiger partial charge in [-0.2, -0.15) is 5.26 Å². The lowest BCUT2D eigenvalue weighted by Crippen LogP contribution is -2.41. The summed E-state index contributed by atoms with van der Waals surface area (Å²) in [6, 6.07) is 12.6. The largest absolute Gasteiger partial charge is 0.419 e. The Morgan fingerprint density at radius 3 is 2.20 bits per heavy atom. The second-order valence-electron chi connectivity index (χ2n) is 5.90. The zero-order chi connectivity index (χ0) is 18.0. The Morgan fingerprint density at radius 2 is 1.68 bits per heavy atom. The van der Waals surface area contributed by atoms with Crippen LogP contribution in [0.3, 0.4) is 0 Å². The topological polar surface area (TPSA) is 89.3 Å². The van der Waals surface area contributed by atoms with Gasteiger partial charge < -0.3 is 9.47 Å². The van der Waals surface area contributed by atoms with Crippen LogP contribution in [0, 0.1) is 11.3 Å². The van der Waals surface area contributed by atoms with Crippen molar-refractivity contribution in [3.8, 4) is 17.3 Å². The third-order valence-electron chi connectivity index (χ3n) is 3.53. The molecule has 1 aromatic carbocycles. The molecule has 3 rings (SSSR count). The van der Waals surface area contributed by atoms with Crippen molar-refractivity contribution in [2.75, 3.05) is 0 Å². The Balaban J connectivity index is 1.84. The average Bonchev–Trinajstić information content (AvgIpc) is 2.58. The molecule has 0 radical (unpaired) electrons. The number of aromatic nitrogens is 1. The fraction of sp³-hybridized carbons (Fsp3) is 0.158. The van der Waals surface area contributed by atoms with Gasteiger partial charge in [0.1, 0.15) is 11.6 Å². The summed E-state index contributed by atoms with van der Waals surface area (Å²) in [5.74, 6) is -2.67. The van der Waals surface area contributed by atoms with E-state index in [2.05, 4.69) is 4.98 Å². The monoisotopic (exact) mass is 334 g/mol. The quantitative estimate of drug-likeness (QED) is 0.476. The van der Waals surface area contributed by atoms with Gasteiger partial charge in [-0.15, -0.1) is 0 Å². The molecule has 0 unspecified atom stereocenters. The predicted molar refractivity (Wildman–Crippen MR) is 88.6 cm³/mol. The van der Waals surface area contributed by atoms with Gasteiger partial charge in [-0.25, -0.2) is 9.59 Å². The molecule has 0 amide bonds. The van der Waals surface area contributed by atoms with E-state index in [9.17, 15) is 9.59 Å². The number of rotatable bonds is 2. The molecule has 0 bridgehead atoms. The second-order valence-corrected chi connectivity index (χ2v) is 5.90. The molecule has 6 nitrogen and oxygen atoms in total. The molecular weight excluding hydrogens is 320 g/mol. The minimum Gasteiger partial charge on any atom is -0.419 e. The van der Waals surface area contributed by atoms with Gasteiger partial charge in [0, 0.05) is 25.6 Å². The normalized spacial score (nSPS) is 15.8. The standard InChI is InChI=1S/C19H14N2O4/c1-19(2)24-17(22)15(18(23)25-19)9-12-3-6-14(7-4-12)16-8-5-13(10-20)11-21-16/h3-9,11H,1-2H3. The number of esters is 2. The lowest BCUT2D eigenvalue weighted by Gasteiger charge is -2.29. The van der Waals surface area contributed by atoms with Crippen molar-refractivity contribution in [3.63, 3.8) is 0 Å². The van der Waals surface area contributed by atoms with Crippen molar-refractivity contribution in [1.29, 1.82) is 5.26 Å². The van der Waals surface area contributed by atoms with E-state index in [0.29, 0.717) is 11.1 Å². The molecule has 124 valence electrons. The highest BCUT2D eigenvalue weighted by molar-refractivity contribution is 6.18. The highest BCUT2D eigenvalue weighted by Crippen LogP contribution is 2.25. The first-order chi connectivity index (χ1) is 11.9. The Labute approximate surface area is 144 Å². The van der Waals surface area contributed by atoms with Gasteiger partial charge in [-0.05, 0) is 23.8 Å². The van der Waals surface area contributed by atoms with Gasteiger partial charge in [-0.1, -0.05) is 24.3 Å². The van der Waals surface area contributed by atoms with Crippen LogP contribution < -0.4 is 0 Å². The van der Waals surface area contributed by atoms with E-state index in [1.165, 1.54) is 26.1 Å². The summed E-state index contributed by atoms with van der Waals surface area (Å²) in [5.41, 5.74) is 2.56. The van der Waals surface area contributed by atoms with Crippen LogP contribution in [0.5, 0.6) is 0 Å². The fourth-order valence-corrected chi connectivity index (χ4v) is 2.33. The molecule has 25 heavy (non-hydrogen) atoms. The molecule has 1 aliphatic rings. The molecule has 1 aromatic heterocycles. The number of carbonyl (C=O) groups excluding carboxylic acids is 2. The number of nitrogens with zero attached hydrogens (tertiary/aromatic N) is 2.